The Morgan fingerprint density at radius 1 is 1.44 bits per heavy atom. The van der Waals surface area contributed by atoms with E-state index in [1.165, 1.54) is 16.9 Å². The fourth-order valence-electron chi connectivity index (χ4n) is 2.11. The monoisotopic (exact) mass is 336 g/mol. The summed E-state index contributed by atoms with van der Waals surface area (Å²) in [6.45, 7) is 0. The van der Waals surface area contributed by atoms with E-state index in [2.05, 4.69) is 27.0 Å². The zero-order chi connectivity index (χ0) is 12.5. The van der Waals surface area contributed by atoms with E-state index >= 15 is 0 Å². The number of aryl methyl sites for hydroxylation is 1. The van der Waals surface area contributed by atoms with Crippen LogP contribution in [0.25, 0.3) is 0 Å². The van der Waals surface area contributed by atoms with E-state index in [0.717, 1.165) is 32.8 Å². The van der Waals surface area contributed by atoms with Crippen molar-refractivity contribution in [3.05, 3.63) is 36.8 Å². The van der Waals surface area contributed by atoms with Crippen molar-refractivity contribution in [2.24, 2.45) is 4.99 Å². The highest BCUT2D eigenvalue weighted by atomic mass is 79.9. The third-order valence-corrected chi connectivity index (χ3v) is 5.74. The first kappa shape index (κ1) is 12.1. The standard InChI is InChI=1S/C13H9BrN2S2/c14-8-4-9(17-7-8)6-16-13-11(5-15)10-2-1-3-12(10)18-13/h4,6-7H,1-3H2/b16-6+. The topological polar surface area (TPSA) is 36.1 Å². The highest BCUT2D eigenvalue weighted by Gasteiger charge is 2.21. The van der Waals surface area contributed by atoms with Crippen LogP contribution in [0.15, 0.2) is 20.9 Å². The van der Waals surface area contributed by atoms with Gasteiger partial charge in [-0.25, -0.2) is 4.99 Å². The van der Waals surface area contributed by atoms with Crippen LogP contribution < -0.4 is 0 Å². The second-order valence-corrected chi connectivity index (χ2v) is 7.02. The van der Waals surface area contributed by atoms with E-state index in [1.807, 2.05) is 17.7 Å². The van der Waals surface area contributed by atoms with Crippen LogP contribution in [0.3, 0.4) is 0 Å². The highest BCUT2D eigenvalue weighted by Crippen LogP contribution is 2.40. The van der Waals surface area contributed by atoms with E-state index < -0.39 is 0 Å². The first-order valence-electron chi connectivity index (χ1n) is 5.60. The molecule has 2 aromatic heterocycles. The van der Waals surface area contributed by atoms with Crippen molar-refractivity contribution in [2.75, 3.05) is 0 Å². The van der Waals surface area contributed by atoms with Crippen LogP contribution in [0.2, 0.25) is 0 Å². The highest BCUT2D eigenvalue weighted by molar-refractivity contribution is 9.10. The van der Waals surface area contributed by atoms with Gasteiger partial charge in [-0.1, -0.05) is 0 Å². The van der Waals surface area contributed by atoms with Crippen LogP contribution in [0, 0.1) is 11.3 Å². The zero-order valence-corrected chi connectivity index (χ0v) is 12.7. The van der Waals surface area contributed by atoms with Crippen molar-refractivity contribution < 1.29 is 0 Å². The molecule has 5 heteroatoms. The Morgan fingerprint density at radius 2 is 2.33 bits per heavy atom. The molecule has 0 spiro atoms. The lowest BCUT2D eigenvalue weighted by Crippen LogP contribution is -1.80. The van der Waals surface area contributed by atoms with Crippen LogP contribution in [0.4, 0.5) is 5.00 Å². The zero-order valence-electron chi connectivity index (χ0n) is 9.44. The van der Waals surface area contributed by atoms with Crippen LogP contribution in [0.1, 0.15) is 27.3 Å². The van der Waals surface area contributed by atoms with Gasteiger partial charge in [-0.15, -0.1) is 22.7 Å². The molecule has 0 saturated carbocycles. The number of hydrogen-bond donors (Lipinski definition) is 0. The van der Waals surface area contributed by atoms with E-state index in [-0.39, 0.29) is 0 Å². The van der Waals surface area contributed by atoms with Crippen molar-refractivity contribution in [1.29, 1.82) is 5.26 Å². The lowest BCUT2D eigenvalue weighted by Gasteiger charge is -1.91. The SMILES string of the molecule is N#Cc1c(/N=C/c2cc(Br)cs2)sc2c1CCC2. The molecular weight excluding hydrogens is 328 g/mol. The van der Waals surface area contributed by atoms with E-state index in [0.29, 0.717) is 0 Å². The van der Waals surface area contributed by atoms with Gasteiger partial charge >= 0.3 is 0 Å². The molecule has 90 valence electrons. The third kappa shape index (κ3) is 2.16. The van der Waals surface area contributed by atoms with Crippen molar-refractivity contribution in [3.63, 3.8) is 0 Å². The minimum Gasteiger partial charge on any atom is -0.243 e. The minimum absolute atomic E-state index is 0.791. The van der Waals surface area contributed by atoms with Crippen molar-refractivity contribution in [2.45, 2.75) is 19.3 Å². The third-order valence-electron chi connectivity index (χ3n) is 2.91. The fourth-order valence-corrected chi connectivity index (χ4v) is 4.60. The van der Waals surface area contributed by atoms with Crippen molar-refractivity contribution in [1.82, 2.24) is 0 Å². The Hall–Kier alpha value is -0.960. The number of fused-ring (bicyclic) bond motifs is 1. The molecule has 0 amide bonds. The summed E-state index contributed by atoms with van der Waals surface area (Å²) in [5.74, 6) is 0. The molecule has 0 unspecified atom stereocenters. The number of rotatable bonds is 2. The van der Waals surface area contributed by atoms with Gasteiger partial charge in [-0.3, -0.25) is 0 Å². The van der Waals surface area contributed by atoms with Gasteiger partial charge < -0.3 is 0 Å². The average Bonchev–Trinajstić information content (AvgIpc) is 3.01. The maximum atomic E-state index is 9.25. The number of hydrogen-bond acceptors (Lipinski definition) is 4. The summed E-state index contributed by atoms with van der Waals surface area (Å²) in [6.07, 6.45) is 5.17. The fraction of sp³-hybridized carbons (Fsp3) is 0.231. The number of aliphatic imine (C=N–C) groups is 1. The number of nitriles is 1. The smallest absolute Gasteiger partial charge is 0.134 e. The lowest BCUT2D eigenvalue weighted by molar-refractivity contribution is 0.913. The van der Waals surface area contributed by atoms with Gasteiger partial charge in [-0.2, -0.15) is 5.26 Å². The maximum Gasteiger partial charge on any atom is 0.134 e. The Kier molecular flexibility index (Phi) is 3.33. The Morgan fingerprint density at radius 3 is 3.06 bits per heavy atom. The summed E-state index contributed by atoms with van der Waals surface area (Å²) < 4.78 is 1.07. The Balaban J connectivity index is 1.94. The second kappa shape index (κ2) is 4.96. The number of nitrogens with zero attached hydrogens (tertiary/aromatic N) is 2. The number of thiophene rings is 2. The van der Waals surface area contributed by atoms with Crippen molar-refractivity contribution in [3.8, 4) is 6.07 Å². The Labute approximate surface area is 122 Å². The molecule has 1 aliphatic rings. The van der Waals surface area contributed by atoms with Gasteiger partial charge in [0.1, 0.15) is 11.1 Å². The summed E-state index contributed by atoms with van der Waals surface area (Å²) >= 11 is 6.73. The van der Waals surface area contributed by atoms with E-state index in [1.54, 1.807) is 22.7 Å². The molecular formula is C13H9BrN2S2. The molecule has 0 atom stereocenters. The van der Waals surface area contributed by atoms with Crippen LogP contribution in [-0.2, 0) is 12.8 Å². The summed E-state index contributed by atoms with van der Waals surface area (Å²) in [4.78, 5) is 6.93. The summed E-state index contributed by atoms with van der Waals surface area (Å²) in [6, 6.07) is 4.34. The molecule has 0 bridgehead atoms. The molecule has 18 heavy (non-hydrogen) atoms. The molecule has 0 aromatic carbocycles. The predicted molar refractivity (Wildman–Crippen MR) is 80.3 cm³/mol. The first-order valence-corrected chi connectivity index (χ1v) is 8.09. The molecule has 0 fully saturated rings. The molecule has 2 heterocycles. The maximum absolute atomic E-state index is 9.25. The lowest BCUT2D eigenvalue weighted by atomic mass is 10.1. The minimum atomic E-state index is 0.791. The molecule has 0 radical (unpaired) electrons. The van der Waals surface area contributed by atoms with Crippen LogP contribution in [-0.4, -0.2) is 6.21 Å². The van der Waals surface area contributed by atoms with Crippen LogP contribution in [0.5, 0.6) is 0 Å². The molecule has 1 aliphatic carbocycles. The van der Waals surface area contributed by atoms with Gasteiger partial charge in [0.15, 0.2) is 0 Å². The summed E-state index contributed by atoms with van der Waals surface area (Å²) in [5.41, 5.74) is 2.03. The normalized spacial score (nSPS) is 14.0. The molecule has 0 N–H and O–H groups in total. The predicted octanol–water partition coefficient (Wildman–Crippen LogP) is 4.68. The van der Waals surface area contributed by atoms with Gasteiger partial charge in [0.2, 0.25) is 0 Å². The first-order chi connectivity index (χ1) is 8.78. The molecule has 3 rings (SSSR count). The van der Waals surface area contributed by atoms with Crippen molar-refractivity contribution >= 4 is 49.8 Å². The Bertz CT molecular complexity index is 661. The molecule has 0 aliphatic heterocycles. The van der Waals surface area contributed by atoms with Gasteiger partial charge in [-0.05, 0) is 46.8 Å². The summed E-state index contributed by atoms with van der Waals surface area (Å²) in [5, 5.41) is 12.1. The van der Waals surface area contributed by atoms with E-state index in [9.17, 15) is 5.26 Å². The summed E-state index contributed by atoms with van der Waals surface area (Å²) in [7, 11) is 0. The van der Waals surface area contributed by atoms with Gasteiger partial charge in [0, 0.05) is 25.8 Å². The second-order valence-electron chi connectivity index (χ2n) is 4.07. The quantitative estimate of drug-likeness (QED) is 0.733. The van der Waals surface area contributed by atoms with E-state index in [4.69, 9.17) is 0 Å². The van der Waals surface area contributed by atoms with Gasteiger partial charge in [0.25, 0.3) is 0 Å². The van der Waals surface area contributed by atoms with Gasteiger partial charge in [0.05, 0.1) is 5.56 Å². The molecule has 2 aromatic rings. The molecule has 2 nitrogen and oxygen atoms in total. The molecule has 0 saturated heterocycles. The van der Waals surface area contributed by atoms with Crippen LogP contribution >= 0.6 is 38.6 Å². The largest absolute Gasteiger partial charge is 0.243 e. The average molecular weight is 337 g/mol. The number of halogens is 1.